The first kappa shape index (κ1) is 14.2. The molecule has 0 atom stereocenters. The van der Waals surface area contributed by atoms with Crippen molar-refractivity contribution in [3.8, 4) is 0 Å². The molecule has 1 aliphatic rings. The zero-order chi connectivity index (χ0) is 13.7. The van der Waals surface area contributed by atoms with E-state index in [4.69, 9.17) is 0 Å². The predicted octanol–water partition coefficient (Wildman–Crippen LogP) is 5.47. The lowest BCUT2D eigenvalue weighted by molar-refractivity contribution is -0.125. The summed E-state index contributed by atoms with van der Waals surface area (Å²) in [7, 11) is 0. The Hall–Kier alpha value is -1.25. The summed E-state index contributed by atoms with van der Waals surface area (Å²) in [6.07, 6.45) is 2.31. The molecule has 0 radical (unpaired) electrons. The van der Waals surface area contributed by atoms with Crippen molar-refractivity contribution in [1.29, 1.82) is 0 Å². The summed E-state index contributed by atoms with van der Waals surface area (Å²) >= 11 is 0. The lowest BCUT2D eigenvalue weighted by Gasteiger charge is -2.27. The number of halogens is 3. The fraction of sp³-hybridized carbons (Fsp3) is 0.500. The molecule has 0 heterocycles. The maximum Gasteiger partial charge on any atom is 0.392 e. The molecule has 0 amide bonds. The summed E-state index contributed by atoms with van der Waals surface area (Å²) in [5.41, 5.74) is 1.36. The van der Waals surface area contributed by atoms with Gasteiger partial charge in [-0.3, -0.25) is 0 Å². The van der Waals surface area contributed by atoms with Crippen molar-refractivity contribution in [2.75, 3.05) is 0 Å². The molecule has 0 spiro atoms. The zero-order valence-corrected chi connectivity index (χ0v) is 10.9. The van der Waals surface area contributed by atoms with Crippen molar-refractivity contribution < 1.29 is 13.2 Å². The summed E-state index contributed by atoms with van der Waals surface area (Å²) in [5.74, 6) is 0.899. The number of alkyl halides is 3. The van der Waals surface area contributed by atoms with Gasteiger partial charge < -0.3 is 0 Å². The Morgan fingerprint density at radius 1 is 1.00 bits per heavy atom. The minimum absolute atomic E-state index is 0.322. The van der Waals surface area contributed by atoms with Gasteiger partial charge in [-0.05, 0) is 43.1 Å². The zero-order valence-electron chi connectivity index (χ0n) is 10.9. The van der Waals surface area contributed by atoms with Crippen LogP contribution in [0, 0.1) is 5.92 Å². The number of allylic oxidation sites excluding steroid dienone is 2. The van der Waals surface area contributed by atoms with E-state index in [0.717, 1.165) is 25.7 Å². The highest BCUT2D eigenvalue weighted by molar-refractivity contribution is 5.20. The normalized spacial score (nSPS) is 24.8. The first-order chi connectivity index (χ1) is 9.04. The van der Waals surface area contributed by atoms with E-state index in [1.165, 1.54) is 11.6 Å². The summed E-state index contributed by atoms with van der Waals surface area (Å²) in [6.45, 7) is 0. The third kappa shape index (κ3) is 4.73. The second kappa shape index (κ2) is 6.27. The second-order valence-electron chi connectivity index (χ2n) is 5.27. The minimum Gasteiger partial charge on any atom is -0.171 e. The van der Waals surface area contributed by atoms with Crippen LogP contribution in [0.1, 0.15) is 43.6 Å². The van der Waals surface area contributed by atoms with Crippen LogP contribution in [0.25, 0.3) is 0 Å². The summed E-state index contributed by atoms with van der Waals surface area (Å²) in [6, 6.07) is 10.4. The van der Waals surface area contributed by atoms with Crippen LogP contribution < -0.4 is 0 Å². The Morgan fingerprint density at radius 3 is 2.21 bits per heavy atom. The van der Waals surface area contributed by atoms with E-state index in [9.17, 15) is 13.2 Å². The number of rotatable bonds is 3. The van der Waals surface area contributed by atoms with Crippen LogP contribution in [0.4, 0.5) is 13.2 Å². The molecule has 1 aliphatic carbocycles. The van der Waals surface area contributed by atoms with Crippen molar-refractivity contribution in [2.45, 2.75) is 44.2 Å². The molecule has 0 aromatic heterocycles. The average molecular weight is 268 g/mol. The van der Waals surface area contributed by atoms with E-state index in [0.29, 0.717) is 11.8 Å². The van der Waals surface area contributed by atoms with Gasteiger partial charge in [0.05, 0.1) is 6.42 Å². The van der Waals surface area contributed by atoms with E-state index in [2.05, 4.69) is 12.1 Å². The van der Waals surface area contributed by atoms with Gasteiger partial charge >= 0.3 is 6.18 Å². The van der Waals surface area contributed by atoms with Crippen LogP contribution in [0.15, 0.2) is 42.5 Å². The molecule has 19 heavy (non-hydrogen) atoms. The molecule has 0 unspecified atom stereocenters. The standard InChI is InChI=1S/C16H19F3/c17-16(18,19)12-4-5-13-8-10-15(11-9-13)14-6-2-1-3-7-14/h1-7,13,15H,8-12H2. The van der Waals surface area contributed by atoms with Gasteiger partial charge in [0, 0.05) is 0 Å². The molecule has 104 valence electrons. The van der Waals surface area contributed by atoms with Gasteiger partial charge in [0.15, 0.2) is 0 Å². The largest absolute Gasteiger partial charge is 0.392 e. The third-order valence-electron chi connectivity index (χ3n) is 3.80. The molecule has 3 heteroatoms. The highest BCUT2D eigenvalue weighted by Gasteiger charge is 2.25. The second-order valence-corrected chi connectivity index (χ2v) is 5.27. The number of hydrogen-bond donors (Lipinski definition) is 0. The molecule has 1 aromatic rings. The third-order valence-corrected chi connectivity index (χ3v) is 3.80. The van der Waals surface area contributed by atoms with Crippen molar-refractivity contribution in [3.05, 3.63) is 48.0 Å². The molecule has 1 aromatic carbocycles. The lowest BCUT2D eigenvalue weighted by Crippen LogP contribution is -2.12. The van der Waals surface area contributed by atoms with E-state index >= 15 is 0 Å². The molecule has 1 fully saturated rings. The Morgan fingerprint density at radius 2 is 1.63 bits per heavy atom. The van der Waals surface area contributed by atoms with E-state index in [1.807, 2.05) is 18.2 Å². The predicted molar refractivity (Wildman–Crippen MR) is 71.0 cm³/mol. The molecule has 0 bridgehead atoms. The van der Waals surface area contributed by atoms with Crippen LogP contribution in [-0.4, -0.2) is 6.18 Å². The maximum atomic E-state index is 12.0. The first-order valence-corrected chi connectivity index (χ1v) is 6.83. The van der Waals surface area contributed by atoms with Gasteiger partial charge in [0.2, 0.25) is 0 Å². The van der Waals surface area contributed by atoms with Crippen LogP contribution in [0.3, 0.4) is 0 Å². The average Bonchev–Trinajstić information content (AvgIpc) is 2.39. The van der Waals surface area contributed by atoms with Crippen molar-refractivity contribution in [2.24, 2.45) is 5.92 Å². The van der Waals surface area contributed by atoms with Crippen molar-refractivity contribution in [3.63, 3.8) is 0 Å². The molecular formula is C16H19F3. The summed E-state index contributed by atoms with van der Waals surface area (Å²) < 4.78 is 36.1. The van der Waals surface area contributed by atoms with E-state index in [-0.39, 0.29) is 0 Å². The van der Waals surface area contributed by atoms with E-state index in [1.54, 1.807) is 6.08 Å². The molecule has 0 saturated heterocycles. The highest BCUT2D eigenvalue weighted by atomic mass is 19.4. The van der Waals surface area contributed by atoms with Gasteiger partial charge in [0.25, 0.3) is 0 Å². The Kier molecular flexibility index (Phi) is 4.67. The van der Waals surface area contributed by atoms with Gasteiger partial charge in [-0.2, -0.15) is 13.2 Å². The van der Waals surface area contributed by atoms with Gasteiger partial charge in [-0.1, -0.05) is 42.5 Å². The van der Waals surface area contributed by atoms with Crippen LogP contribution in [0.2, 0.25) is 0 Å². The van der Waals surface area contributed by atoms with Gasteiger partial charge in [-0.25, -0.2) is 0 Å². The summed E-state index contributed by atoms with van der Waals surface area (Å²) in [4.78, 5) is 0. The fourth-order valence-electron chi connectivity index (χ4n) is 2.76. The van der Waals surface area contributed by atoms with Crippen LogP contribution in [0.5, 0.6) is 0 Å². The highest BCUT2D eigenvalue weighted by Crippen LogP contribution is 2.36. The monoisotopic (exact) mass is 268 g/mol. The van der Waals surface area contributed by atoms with Crippen LogP contribution >= 0.6 is 0 Å². The molecule has 0 N–H and O–H groups in total. The topological polar surface area (TPSA) is 0 Å². The molecule has 2 rings (SSSR count). The van der Waals surface area contributed by atoms with Crippen LogP contribution in [-0.2, 0) is 0 Å². The van der Waals surface area contributed by atoms with Gasteiger partial charge in [0.1, 0.15) is 0 Å². The molecule has 0 nitrogen and oxygen atoms in total. The fourth-order valence-corrected chi connectivity index (χ4v) is 2.76. The SMILES string of the molecule is FC(F)(F)CC=CC1CCC(c2ccccc2)CC1. The van der Waals surface area contributed by atoms with E-state index < -0.39 is 12.6 Å². The summed E-state index contributed by atoms with van der Waals surface area (Å²) in [5, 5.41) is 0. The van der Waals surface area contributed by atoms with Crippen molar-refractivity contribution >= 4 is 0 Å². The Labute approximate surface area is 112 Å². The number of benzene rings is 1. The van der Waals surface area contributed by atoms with Crippen molar-refractivity contribution in [1.82, 2.24) is 0 Å². The lowest BCUT2D eigenvalue weighted by atomic mass is 9.78. The Balaban J connectivity index is 1.80. The first-order valence-electron chi connectivity index (χ1n) is 6.83. The molecular weight excluding hydrogens is 249 g/mol. The van der Waals surface area contributed by atoms with Gasteiger partial charge in [-0.15, -0.1) is 0 Å². The number of hydrogen-bond acceptors (Lipinski definition) is 0. The molecule has 1 saturated carbocycles. The minimum atomic E-state index is -4.07. The smallest absolute Gasteiger partial charge is 0.171 e. The molecule has 0 aliphatic heterocycles. The quantitative estimate of drug-likeness (QED) is 0.638. The Bertz CT molecular complexity index is 398. The maximum absolute atomic E-state index is 12.0.